The van der Waals surface area contributed by atoms with E-state index in [2.05, 4.69) is 10.0 Å². The first-order valence-corrected chi connectivity index (χ1v) is 12.3. The molecular weight excluding hydrogens is 448 g/mol. The topological polar surface area (TPSA) is 115 Å². The molecule has 0 amide bonds. The maximum atomic E-state index is 12.6. The van der Waals surface area contributed by atoms with Crippen molar-refractivity contribution in [3.05, 3.63) is 58.6 Å². The van der Waals surface area contributed by atoms with Crippen molar-refractivity contribution in [2.24, 2.45) is 5.92 Å². The summed E-state index contributed by atoms with van der Waals surface area (Å²) < 4.78 is 33.7. The van der Waals surface area contributed by atoms with Gasteiger partial charge in [-0.25, -0.2) is 8.42 Å². The Morgan fingerprint density at radius 2 is 1.94 bits per heavy atom. The fourth-order valence-electron chi connectivity index (χ4n) is 4.01. The Balaban J connectivity index is 1.48. The third kappa shape index (κ3) is 4.90. The smallest absolute Gasteiger partial charge is 0.241 e. The lowest BCUT2D eigenvalue weighted by Gasteiger charge is -2.32. The predicted molar refractivity (Wildman–Crippen MR) is 120 cm³/mol. The van der Waals surface area contributed by atoms with Crippen LogP contribution in [0.2, 0.25) is 5.02 Å². The predicted octanol–water partition coefficient (Wildman–Crippen LogP) is 3.32. The van der Waals surface area contributed by atoms with E-state index >= 15 is 0 Å². The minimum absolute atomic E-state index is 0.0544. The highest BCUT2D eigenvalue weighted by molar-refractivity contribution is 7.89. The number of benzene rings is 2. The monoisotopic (exact) mass is 470 g/mol. The normalized spacial score (nSPS) is 21.8. The van der Waals surface area contributed by atoms with Gasteiger partial charge >= 0.3 is 0 Å². The Hall–Kier alpha value is -2.62. The number of nitriles is 2. The summed E-state index contributed by atoms with van der Waals surface area (Å²) in [4.78, 5) is -0.0544. The zero-order chi connectivity index (χ0) is 22.8. The number of sulfonamides is 1. The second kappa shape index (κ2) is 9.09. The third-order valence-electron chi connectivity index (χ3n) is 6.03. The molecule has 2 aliphatic rings. The van der Waals surface area contributed by atoms with E-state index in [9.17, 15) is 13.7 Å². The molecule has 1 saturated heterocycles. The molecule has 1 unspecified atom stereocenters. The second-order valence-corrected chi connectivity index (χ2v) is 10.4. The van der Waals surface area contributed by atoms with Gasteiger partial charge in [-0.15, -0.1) is 0 Å². The lowest BCUT2D eigenvalue weighted by Crippen LogP contribution is -2.38. The van der Waals surface area contributed by atoms with Crippen LogP contribution in [0.5, 0.6) is 5.75 Å². The van der Waals surface area contributed by atoms with Gasteiger partial charge < -0.3 is 10.1 Å². The minimum atomic E-state index is -3.90. The van der Waals surface area contributed by atoms with E-state index < -0.39 is 15.6 Å². The van der Waals surface area contributed by atoms with Crippen molar-refractivity contribution in [2.45, 2.75) is 35.6 Å². The minimum Gasteiger partial charge on any atom is -0.492 e. The average Bonchev–Trinajstić information content (AvgIpc) is 3.57. The molecule has 2 fully saturated rings. The Morgan fingerprint density at radius 1 is 1.19 bits per heavy atom. The van der Waals surface area contributed by atoms with Crippen molar-refractivity contribution in [2.75, 3.05) is 19.7 Å². The Kier molecular flexibility index (Phi) is 6.41. The first-order chi connectivity index (χ1) is 15.4. The van der Waals surface area contributed by atoms with Crippen molar-refractivity contribution < 1.29 is 13.2 Å². The van der Waals surface area contributed by atoms with Crippen molar-refractivity contribution in [3.8, 4) is 17.9 Å². The molecule has 1 aliphatic carbocycles. The second-order valence-electron chi connectivity index (χ2n) is 8.29. The highest BCUT2D eigenvalue weighted by atomic mass is 35.5. The van der Waals surface area contributed by atoms with Gasteiger partial charge in [0.25, 0.3) is 0 Å². The summed E-state index contributed by atoms with van der Waals surface area (Å²) >= 11 is 6.02. The maximum absolute atomic E-state index is 12.6. The molecule has 2 atom stereocenters. The molecule has 32 heavy (non-hydrogen) atoms. The number of ether oxygens (including phenoxy) is 1. The van der Waals surface area contributed by atoms with Gasteiger partial charge in [-0.2, -0.15) is 15.2 Å². The van der Waals surface area contributed by atoms with Crippen LogP contribution in [0.4, 0.5) is 0 Å². The van der Waals surface area contributed by atoms with Crippen LogP contribution in [-0.4, -0.2) is 33.7 Å². The molecule has 0 radical (unpaired) electrons. The van der Waals surface area contributed by atoms with E-state index in [1.54, 1.807) is 0 Å². The van der Waals surface area contributed by atoms with E-state index in [0.29, 0.717) is 36.1 Å². The van der Waals surface area contributed by atoms with Crippen LogP contribution in [0, 0.1) is 28.6 Å². The molecule has 1 aliphatic heterocycles. The molecule has 7 nitrogen and oxygen atoms in total. The third-order valence-corrected chi connectivity index (χ3v) is 7.82. The van der Waals surface area contributed by atoms with Gasteiger partial charge in [0.2, 0.25) is 10.0 Å². The van der Waals surface area contributed by atoms with E-state index in [-0.39, 0.29) is 16.4 Å². The van der Waals surface area contributed by atoms with E-state index in [1.165, 1.54) is 23.8 Å². The summed E-state index contributed by atoms with van der Waals surface area (Å²) in [5, 5.41) is 22.8. The first kappa shape index (κ1) is 22.6. The van der Waals surface area contributed by atoms with Gasteiger partial charge in [-0.05, 0) is 67.6 Å². The molecule has 166 valence electrons. The number of nitrogens with zero attached hydrogens (tertiary/aromatic N) is 2. The maximum Gasteiger partial charge on any atom is 0.241 e. The fraction of sp³-hybridized carbons (Fsp3) is 0.391. The lowest BCUT2D eigenvalue weighted by atomic mass is 9.81. The molecule has 2 aromatic carbocycles. The van der Waals surface area contributed by atoms with Crippen LogP contribution in [0.25, 0.3) is 0 Å². The Bertz CT molecular complexity index is 1180. The number of piperidine rings is 1. The van der Waals surface area contributed by atoms with Crippen LogP contribution in [0.1, 0.15) is 36.3 Å². The highest BCUT2D eigenvalue weighted by Crippen LogP contribution is 2.36. The summed E-state index contributed by atoms with van der Waals surface area (Å²) in [6.07, 6.45) is 1.93. The zero-order valence-corrected chi connectivity index (χ0v) is 18.9. The summed E-state index contributed by atoms with van der Waals surface area (Å²) in [6.45, 7) is 2.08. The number of hydrogen-bond donors (Lipinski definition) is 2. The van der Waals surface area contributed by atoms with Gasteiger partial charge in [0.05, 0.1) is 23.1 Å². The molecular formula is C23H23ClN4O3S. The average molecular weight is 471 g/mol. The molecule has 0 spiro atoms. The number of halogens is 1. The zero-order valence-electron chi connectivity index (χ0n) is 17.3. The molecule has 2 N–H and O–H groups in total. The SMILES string of the molecule is N#Cc1cc(S(=O)(=O)NC2(C#N)CC2)ccc1OC[C@@H]1CNCCC1c1ccc(Cl)cc1. The van der Waals surface area contributed by atoms with Gasteiger partial charge in [0.1, 0.15) is 17.4 Å². The summed E-state index contributed by atoms with van der Waals surface area (Å²) in [7, 11) is -3.90. The standard InChI is InChI=1S/C23H23ClN4O3S/c24-19-3-1-16(2-4-19)21-7-10-27-13-18(21)14-31-22-6-5-20(11-17(22)12-25)32(29,30)28-23(15-26)8-9-23/h1-6,11,18,21,27-28H,7-10,13-14H2/t18-,21?/m0/s1. The molecule has 9 heteroatoms. The number of nitrogens with one attached hydrogen (secondary N) is 2. The first-order valence-electron chi connectivity index (χ1n) is 10.4. The van der Waals surface area contributed by atoms with Gasteiger partial charge in [0, 0.05) is 17.5 Å². The molecule has 1 heterocycles. The molecule has 0 bridgehead atoms. The van der Waals surface area contributed by atoms with E-state index in [4.69, 9.17) is 21.6 Å². The molecule has 1 saturated carbocycles. The largest absolute Gasteiger partial charge is 0.492 e. The van der Waals surface area contributed by atoms with Gasteiger partial charge in [0.15, 0.2) is 0 Å². The van der Waals surface area contributed by atoms with Crippen LogP contribution >= 0.6 is 11.6 Å². The number of rotatable bonds is 7. The van der Waals surface area contributed by atoms with Crippen molar-refractivity contribution in [1.29, 1.82) is 10.5 Å². The van der Waals surface area contributed by atoms with Crippen molar-refractivity contribution >= 4 is 21.6 Å². The van der Waals surface area contributed by atoms with Crippen LogP contribution in [-0.2, 0) is 10.0 Å². The van der Waals surface area contributed by atoms with Gasteiger partial charge in [-0.1, -0.05) is 23.7 Å². The van der Waals surface area contributed by atoms with E-state index in [1.807, 2.05) is 36.4 Å². The molecule has 2 aromatic rings. The van der Waals surface area contributed by atoms with Crippen molar-refractivity contribution in [1.82, 2.24) is 10.0 Å². The molecule has 4 rings (SSSR count). The quantitative estimate of drug-likeness (QED) is 0.641. The lowest BCUT2D eigenvalue weighted by molar-refractivity contribution is 0.196. The number of hydrogen-bond acceptors (Lipinski definition) is 6. The Morgan fingerprint density at radius 3 is 2.59 bits per heavy atom. The van der Waals surface area contributed by atoms with E-state index in [0.717, 1.165) is 19.5 Å². The summed E-state index contributed by atoms with van der Waals surface area (Å²) in [6, 6.07) is 16.1. The van der Waals surface area contributed by atoms with Crippen LogP contribution in [0.3, 0.4) is 0 Å². The fourth-order valence-corrected chi connectivity index (χ4v) is 5.54. The molecule has 0 aromatic heterocycles. The summed E-state index contributed by atoms with van der Waals surface area (Å²) in [5.74, 6) is 0.823. The highest BCUT2D eigenvalue weighted by Gasteiger charge is 2.46. The Labute approximate surface area is 193 Å². The summed E-state index contributed by atoms with van der Waals surface area (Å²) in [5.41, 5.74) is 0.316. The van der Waals surface area contributed by atoms with Crippen LogP contribution in [0.15, 0.2) is 47.4 Å². The van der Waals surface area contributed by atoms with Crippen molar-refractivity contribution in [3.63, 3.8) is 0 Å². The van der Waals surface area contributed by atoms with Gasteiger partial charge in [-0.3, -0.25) is 0 Å². The van der Waals surface area contributed by atoms with Crippen LogP contribution < -0.4 is 14.8 Å².